The van der Waals surface area contributed by atoms with E-state index in [2.05, 4.69) is 34.6 Å². The Hall–Kier alpha value is -2.65. The number of amides is 1. The van der Waals surface area contributed by atoms with E-state index in [1.165, 1.54) is 0 Å². The SMILES string of the molecule is COCCNc1nc(SC(C)C)nc2c1cnn2CCNC(=O)Cc1cccc(C)c1. The predicted molar refractivity (Wildman–Crippen MR) is 125 cm³/mol. The van der Waals surface area contributed by atoms with Gasteiger partial charge in [0.2, 0.25) is 5.91 Å². The van der Waals surface area contributed by atoms with E-state index in [1.807, 2.05) is 35.9 Å². The highest BCUT2D eigenvalue weighted by Crippen LogP contribution is 2.26. The Morgan fingerprint density at radius 3 is 2.84 bits per heavy atom. The lowest BCUT2D eigenvalue weighted by molar-refractivity contribution is -0.120. The summed E-state index contributed by atoms with van der Waals surface area (Å²) in [5.74, 6) is 0.745. The number of rotatable bonds is 11. The number of nitrogens with zero attached hydrogens (tertiary/aromatic N) is 4. The molecule has 2 N–H and O–H groups in total. The number of anilines is 1. The number of carbonyl (C=O) groups excluding carboxylic acids is 1. The Morgan fingerprint density at radius 2 is 2.10 bits per heavy atom. The molecule has 0 aliphatic carbocycles. The Labute approximate surface area is 187 Å². The highest BCUT2D eigenvalue weighted by molar-refractivity contribution is 7.99. The zero-order chi connectivity index (χ0) is 22.2. The maximum Gasteiger partial charge on any atom is 0.224 e. The number of benzene rings is 1. The van der Waals surface area contributed by atoms with Gasteiger partial charge in [0.1, 0.15) is 5.82 Å². The van der Waals surface area contributed by atoms with Crippen molar-refractivity contribution in [1.29, 1.82) is 0 Å². The number of methoxy groups -OCH3 is 1. The predicted octanol–water partition coefficient (Wildman–Crippen LogP) is 3.05. The largest absolute Gasteiger partial charge is 0.383 e. The van der Waals surface area contributed by atoms with Crippen LogP contribution in [-0.2, 0) is 22.5 Å². The maximum atomic E-state index is 12.3. The zero-order valence-corrected chi connectivity index (χ0v) is 19.3. The van der Waals surface area contributed by atoms with Gasteiger partial charge in [0.05, 0.1) is 31.2 Å². The number of aryl methyl sites for hydroxylation is 1. The molecule has 0 radical (unpaired) electrons. The van der Waals surface area contributed by atoms with Gasteiger partial charge in [0.25, 0.3) is 0 Å². The Kier molecular flexibility index (Phi) is 8.25. The molecule has 9 heteroatoms. The fraction of sp³-hybridized carbons (Fsp3) is 0.455. The van der Waals surface area contributed by atoms with E-state index in [0.717, 1.165) is 28.0 Å². The van der Waals surface area contributed by atoms with Crippen molar-refractivity contribution >= 4 is 34.5 Å². The van der Waals surface area contributed by atoms with Crippen molar-refractivity contribution in [3.63, 3.8) is 0 Å². The van der Waals surface area contributed by atoms with Crippen molar-refractivity contribution < 1.29 is 9.53 Å². The quantitative estimate of drug-likeness (QED) is 0.268. The van der Waals surface area contributed by atoms with Crippen molar-refractivity contribution in [2.75, 3.05) is 32.1 Å². The summed E-state index contributed by atoms with van der Waals surface area (Å²) < 4.78 is 6.94. The number of carbonyl (C=O) groups is 1. The first kappa shape index (κ1) is 23.0. The number of hydrogen-bond donors (Lipinski definition) is 2. The average molecular weight is 443 g/mol. The fourth-order valence-corrected chi connectivity index (χ4v) is 3.84. The number of aromatic nitrogens is 4. The molecular weight excluding hydrogens is 412 g/mol. The molecule has 1 aromatic carbocycles. The van der Waals surface area contributed by atoms with Crippen LogP contribution in [0.5, 0.6) is 0 Å². The molecule has 0 aliphatic rings. The Bertz CT molecular complexity index is 1020. The van der Waals surface area contributed by atoms with Gasteiger partial charge in [0.15, 0.2) is 10.8 Å². The standard InChI is InChI=1S/C22H30N6O2S/c1-15(2)31-22-26-20(24-9-11-30-4)18-14-25-28(21(18)27-22)10-8-23-19(29)13-17-7-5-6-16(3)12-17/h5-7,12,14-15H,8-11,13H2,1-4H3,(H,23,29)(H,24,26,27). The van der Waals surface area contributed by atoms with E-state index in [4.69, 9.17) is 9.72 Å². The minimum atomic E-state index is -0.00494. The van der Waals surface area contributed by atoms with E-state index in [1.54, 1.807) is 25.1 Å². The molecule has 0 spiro atoms. The van der Waals surface area contributed by atoms with E-state index in [-0.39, 0.29) is 5.91 Å². The third kappa shape index (κ3) is 6.67. The molecule has 0 bridgehead atoms. The molecule has 2 heterocycles. The second-order valence-corrected chi connectivity index (χ2v) is 9.11. The maximum absolute atomic E-state index is 12.3. The molecular formula is C22H30N6O2S. The van der Waals surface area contributed by atoms with Crippen molar-refractivity contribution in [2.24, 2.45) is 0 Å². The molecule has 166 valence electrons. The second-order valence-electron chi connectivity index (χ2n) is 7.56. The fourth-order valence-electron chi connectivity index (χ4n) is 3.14. The molecule has 0 atom stereocenters. The Balaban J connectivity index is 1.68. The van der Waals surface area contributed by atoms with Crippen molar-refractivity contribution in [1.82, 2.24) is 25.1 Å². The van der Waals surface area contributed by atoms with Crippen LogP contribution in [0, 0.1) is 6.92 Å². The van der Waals surface area contributed by atoms with Gasteiger partial charge >= 0.3 is 0 Å². The minimum absolute atomic E-state index is 0.00494. The van der Waals surface area contributed by atoms with Gasteiger partial charge in [-0.2, -0.15) is 5.10 Å². The summed E-state index contributed by atoms with van der Waals surface area (Å²) in [4.78, 5) is 21.7. The molecule has 8 nitrogen and oxygen atoms in total. The average Bonchev–Trinajstić information content (AvgIpc) is 3.11. The lowest BCUT2D eigenvalue weighted by atomic mass is 10.1. The van der Waals surface area contributed by atoms with Crippen LogP contribution in [0.3, 0.4) is 0 Å². The second kappa shape index (κ2) is 11.1. The lowest BCUT2D eigenvalue weighted by Gasteiger charge is -2.11. The number of fused-ring (bicyclic) bond motifs is 1. The first-order chi connectivity index (χ1) is 15.0. The van der Waals surface area contributed by atoms with Crippen LogP contribution < -0.4 is 10.6 Å². The normalized spacial score (nSPS) is 11.3. The third-order valence-electron chi connectivity index (χ3n) is 4.51. The number of nitrogens with one attached hydrogen (secondary N) is 2. The van der Waals surface area contributed by atoms with Crippen molar-refractivity contribution in [3.05, 3.63) is 41.6 Å². The summed E-state index contributed by atoms with van der Waals surface area (Å²) in [6.45, 7) is 8.48. The molecule has 3 rings (SSSR count). The third-order valence-corrected chi connectivity index (χ3v) is 5.37. The minimum Gasteiger partial charge on any atom is -0.383 e. The monoisotopic (exact) mass is 442 g/mol. The molecule has 1 amide bonds. The number of thioether (sulfide) groups is 1. The molecule has 0 saturated carbocycles. The van der Waals surface area contributed by atoms with Gasteiger partial charge in [-0.05, 0) is 12.5 Å². The first-order valence-corrected chi connectivity index (χ1v) is 11.3. The summed E-state index contributed by atoms with van der Waals surface area (Å²) in [6, 6.07) is 7.99. The van der Waals surface area contributed by atoms with Crippen molar-refractivity contribution in [2.45, 2.75) is 44.1 Å². The van der Waals surface area contributed by atoms with E-state index < -0.39 is 0 Å². The smallest absolute Gasteiger partial charge is 0.224 e. The van der Waals surface area contributed by atoms with E-state index >= 15 is 0 Å². The highest BCUT2D eigenvalue weighted by Gasteiger charge is 2.14. The van der Waals surface area contributed by atoms with Gasteiger partial charge in [-0.15, -0.1) is 0 Å². The molecule has 0 aliphatic heterocycles. The Morgan fingerprint density at radius 1 is 1.26 bits per heavy atom. The summed E-state index contributed by atoms with van der Waals surface area (Å²) in [5.41, 5.74) is 2.92. The van der Waals surface area contributed by atoms with Crippen LogP contribution in [-0.4, -0.2) is 57.7 Å². The van der Waals surface area contributed by atoms with Crippen LogP contribution in [0.2, 0.25) is 0 Å². The summed E-state index contributed by atoms with van der Waals surface area (Å²) >= 11 is 1.61. The van der Waals surface area contributed by atoms with Gasteiger partial charge in [-0.25, -0.2) is 14.6 Å². The molecule has 2 aromatic heterocycles. The van der Waals surface area contributed by atoms with Gasteiger partial charge < -0.3 is 15.4 Å². The van der Waals surface area contributed by atoms with Crippen LogP contribution in [0.15, 0.2) is 35.6 Å². The first-order valence-electron chi connectivity index (χ1n) is 10.4. The van der Waals surface area contributed by atoms with Gasteiger partial charge in [0, 0.05) is 25.4 Å². The number of hydrogen-bond acceptors (Lipinski definition) is 7. The summed E-state index contributed by atoms with van der Waals surface area (Å²) in [6.07, 6.45) is 2.13. The number of ether oxygens (including phenoxy) is 1. The summed E-state index contributed by atoms with van der Waals surface area (Å²) in [7, 11) is 1.67. The summed E-state index contributed by atoms with van der Waals surface area (Å²) in [5, 5.41) is 12.7. The van der Waals surface area contributed by atoms with Crippen LogP contribution >= 0.6 is 11.8 Å². The van der Waals surface area contributed by atoms with Gasteiger partial charge in [-0.1, -0.05) is 55.4 Å². The zero-order valence-electron chi connectivity index (χ0n) is 18.5. The highest BCUT2D eigenvalue weighted by atomic mass is 32.2. The lowest BCUT2D eigenvalue weighted by Crippen LogP contribution is -2.29. The molecule has 0 saturated heterocycles. The van der Waals surface area contributed by atoms with E-state index in [0.29, 0.717) is 43.1 Å². The molecule has 3 aromatic rings. The van der Waals surface area contributed by atoms with Gasteiger partial charge in [-0.3, -0.25) is 4.79 Å². The van der Waals surface area contributed by atoms with Crippen LogP contribution in [0.25, 0.3) is 11.0 Å². The van der Waals surface area contributed by atoms with Crippen LogP contribution in [0.1, 0.15) is 25.0 Å². The molecule has 31 heavy (non-hydrogen) atoms. The molecule has 0 unspecified atom stereocenters. The van der Waals surface area contributed by atoms with Crippen LogP contribution in [0.4, 0.5) is 5.82 Å². The van der Waals surface area contributed by atoms with Crippen molar-refractivity contribution in [3.8, 4) is 0 Å². The topological polar surface area (TPSA) is 94.0 Å². The molecule has 0 fully saturated rings. The van der Waals surface area contributed by atoms with E-state index in [9.17, 15) is 4.79 Å².